The van der Waals surface area contributed by atoms with Gasteiger partial charge in [-0.05, 0) is 20.3 Å². The van der Waals surface area contributed by atoms with Gasteiger partial charge in [0.25, 0.3) is 0 Å². The fraction of sp³-hybridized carbons (Fsp3) is 1.00. The topological polar surface area (TPSA) is 73.9 Å². The van der Waals surface area contributed by atoms with Crippen LogP contribution in [-0.2, 0) is 14.2 Å². The van der Waals surface area contributed by atoms with Crippen molar-refractivity contribution in [3.63, 3.8) is 0 Å². The molecule has 0 amide bonds. The molecule has 1 saturated carbocycles. The Morgan fingerprint density at radius 2 is 2.07 bits per heavy atom. The minimum atomic E-state index is -0.575. The lowest BCUT2D eigenvalue weighted by molar-refractivity contribution is -0.168. The van der Waals surface area contributed by atoms with Gasteiger partial charge in [-0.1, -0.05) is 0 Å². The molecular formula is C10H19NO4. The van der Waals surface area contributed by atoms with Crippen molar-refractivity contribution in [2.45, 2.75) is 50.4 Å². The first-order valence-corrected chi connectivity index (χ1v) is 5.37. The van der Waals surface area contributed by atoms with Crippen molar-refractivity contribution in [3.05, 3.63) is 0 Å². The number of aliphatic hydroxyl groups is 1. The van der Waals surface area contributed by atoms with Gasteiger partial charge < -0.3 is 25.1 Å². The van der Waals surface area contributed by atoms with Crippen molar-refractivity contribution >= 4 is 0 Å². The minimum Gasteiger partial charge on any atom is -0.394 e. The van der Waals surface area contributed by atoms with Crippen molar-refractivity contribution in [1.29, 1.82) is 0 Å². The van der Waals surface area contributed by atoms with Crippen LogP contribution in [0.2, 0.25) is 0 Å². The fourth-order valence-electron chi connectivity index (χ4n) is 2.34. The van der Waals surface area contributed by atoms with Crippen LogP contribution in [0.15, 0.2) is 0 Å². The van der Waals surface area contributed by atoms with E-state index < -0.39 is 5.79 Å². The summed E-state index contributed by atoms with van der Waals surface area (Å²) in [7, 11) is 0. The van der Waals surface area contributed by atoms with Crippen LogP contribution in [0.25, 0.3) is 0 Å². The van der Waals surface area contributed by atoms with Crippen LogP contribution in [0.3, 0.4) is 0 Å². The zero-order valence-corrected chi connectivity index (χ0v) is 9.18. The van der Waals surface area contributed by atoms with Crippen LogP contribution in [0, 0.1) is 0 Å². The quantitative estimate of drug-likeness (QED) is 0.674. The van der Waals surface area contributed by atoms with Crippen LogP contribution >= 0.6 is 0 Å². The average molecular weight is 217 g/mol. The molecule has 88 valence electrons. The second-order valence-electron chi connectivity index (χ2n) is 4.60. The van der Waals surface area contributed by atoms with Gasteiger partial charge in [-0.25, -0.2) is 0 Å². The fourth-order valence-corrected chi connectivity index (χ4v) is 2.34. The van der Waals surface area contributed by atoms with Gasteiger partial charge in [0.05, 0.1) is 19.3 Å². The van der Waals surface area contributed by atoms with E-state index in [4.69, 9.17) is 25.1 Å². The molecule has 5 nitrogen and oxygen atoms in total. The van der Waals surface area contributed by atoms with E-state index in [-0.39, 0.29) is 31.0 Å². The summed E-state index contributed by atoms with van der Waals surface area (Å²) in [4.78, 5) is 0. The molecule has 0 aromatic heterocycles. The second-order valence-corrected chi connectivity index (χ2v) is 4.60. The summed E-state index contributed by atoms with van der Waals surface area (Å²) < 4.78 is 16.9. The second kappa shape index (κ2) is 3.99. The maximum atomic E-state index is 8.71. The lowest BCUT2D eigenvalue weighted by Crippen LogP contribution is -2.35. The van der Waals surface area contributed by atoms with Gasteiger partial charge >= 0.3 is 0 Å². The van der Waals surface area contributed by atoms with E-state index in [1.807, 2.05) is 13.8 Å². The molecular weight excluding hydrogens is 198 g/mol. The summed E-state index contributed by atoms with van der Waals surface area (Å²) in [5.41, 5.74) is 5.96. The zero-order chi connectivity index (χ0) is 11.1. The maximum absolute atomic E-state index is 8.71. The molecule has 0 unspecified atom stereocenters. The first kappa shape index (κ1) is 11.3. The Morgan fingerprint density at radius 3 is 2.73 bits per heavy atom. The Balaban J connectivity index is 1.99. The molecule has 1 saturated heterocycles. The van der Waals surface area contributed by atoms with Gasteiger partial charge in [-0.3, -0.25) is 0 Å². The van der Waals surface area contributed by atoms with E-state index in [9.17, 15) is 0 Å². The highest BCUT2D eigenvalue weighted by Crippen LogP contribution is 2.38. The largest absolute Gasteiger partial charge is 0.394 e. The highest BCUT2D eigenvalue weighted by atomic mass is 16.8. The number of hydrogen-bond donors (Lipinski definition) is 2. The molecule has 2 aliphatic rings. The minimum absolute atomic E-state index is 0.0212. The predicted molar refractivity (Wildman–Crippen MR) is 53.2 cm³/mol. The molecule has 0 bridgehead atoms. The van der Waals surface area contributed by atoms with Crippen molar-refractivity contribution in [1.82, 2.24) is 0 Å². The lowest BCUT2D eigenvalue weighted by atomic mass is 10.2. The number of hydrogen-bond acceptors (Lipinski definition) is 5. The number of aliphatic hydroxyl groups excluding tert-OH is 1. The first-order chi connectivity index (χ1) is 7.03. The molecule has 0 radical (unpaired) electrons. The van der Waals surface area contributed by atoms with Crippen molar-refractivity contribution < 1.29 is 19.3 Å². The summed E-state index contributed by atoms with van der Waals surface area (Å²) in [6.45, 7) is 4.10. The molecule has 0 aromatic rings. The van der Waals surface area contributed by atoms with E-state index in [1.165, 1.54) is 0 Å². The number of rotatable bonds is 3. The van der Waals surface area contributed by atoms with Gasteiger partial charge in [0.2, 0.25) is 0 Å². The number of ether oxygens (including phenoxy) is 3. The average Bonchev–Trinajstić information content (AvgIpc) is 2.60. The van der Waals surface area contributed by atoms with Crippen LogP contribution in [0.4, 0.5) is 0 Å². The molecule has 5 heteroatoms. The standard InChI is InChI=1S/C10H19NO4/c1-10(2)14-8-6(11)5-7(9(8)15-10)13-4-3-12/h6-9,12H,3-5,11H2,1-2H3/t6-,7-,8+,9-/m1/s1. The summed E-state index contributed by atoms with van der Waals surface area (Å²) >= 11 is 0. The van der Waals surface area contributed by atoms with E-state index >= 15 is 0 Å². The van der Waals surface area contributed by atoms with E-state index in [0.717, 1.165) is 6.42 Å². The molecule has 15 heavy (non-hydrogen) atoms. The van der Waals surface area contributed by atoms with Crippen molar-refractivity contribution in [2.24, 2.45) is 5.73 Å². The van der Waals surface area contributed by atoms with Crippen molar-refractivity contribution in [3.8, 4) is 0 Å². The molecule has 0 spiro atoms. The van der Waals surface area contributed by atoms with E-state index in [1.54, 1.807) is 0 Å². The SMILES string of the molecule is CC1(C)O[C@@H]2[C@H](O1)[C@H](OCCO)C[C@H]2N. The van der Waals surface area contributed by atoms with Gasteiger partial charge in [-0.2, -0.15) is 0 Å². The molecule has 1 aliphatic carbocycles. The third kappa shape index (κ3) is 2.16. The van der Waals surface area contributed by atoms with Gasteiger partial charge in [-0.15, -0.1) is 0 Å². The molecule has 3 N–H and O–H groups in total. The van der Waals surface area contributed by atoms with Crippen LogP contribution < -0.4 is 5.73 Å². The summed E-state index contributed by atoms with van der Waals surface area (Å²) in [6.07, 6.45) is 0.495. The molecule has 1 heterocycles. The van der Waals surface area contributed by atoms with Crippen LogP contribution in [-0.4, -0.2) is 48.5 Å². The summed E-state index contributed by atoms with van der Waals surface area (Å²) in [5.74, 6) is -0.575. The number of fused-ring (bicyclic) bond motifs is 1. The monoisotopic (exact) mass is 217 g/mol. The normalized spacial score (nSPS) is 43.2. The smallest absolute Gasteiger partial charge is 0.163 e. The Bertz CT molecular complexity index is 233. The Labute approximate surface area is 89.5 Å². The first-order valence-electron chi connectivity index (χ1n) is 5.37. The Hall–Kier alpha value is -0.200. The predicted octanol–water partition coefficient (Wildman–Crippen LogP) is -0.385. The molecule has 0 aromatic carbocycles. The molecule has 4 atom stereocenters. The van der Waals surface area contributed by atoms with Crippen molar-refractivity contribution in [2.75, 3.05) is 13.2 Å². The lowest BCUT2D eigenvalue weighted by Gasteiger charge is -2.22. The van der Waals surface area contributed by atoms with E-state index in [0.29, 0.717) is 6.61 Å². The molecule has 2 rings (SSSR count). The zero-order valence-electron chi connectivity index (χ0n) is 9.18. The highest BCUT2D eigenvalue weighted by molar-refractivity contribution is 5.01. The Morgan fingerprint density at radius 1 is 1.40 bits per heavy atom. The Kier molecular flexibility index (Phi) is 3.00. The van der Waals surface area contributed by atoms with Gasteiger partial charge in [0.1, 0.15) is 12.2 Å². The third-order valence-electron chi connectivity index (χ3n) is 2.88. The van der Waals surface area contributed by atoms with E-state index in [2.05, 4.69) is 0 Å². The summed E-state index contributed by atoms with van der Waals surface area (Å²) in [5, 5.41) is 8.71. The third-order valence-corrected chi connectivity index (χ3v) is 2.88. The van der Waals surface area contributed by atoms with Crippen LogP contribution in [0.5, 0.6) is 0 Å². The summed E-state index contributed by atoms with van der Waals surface area (Å²) in [6, 6.07) is -0.0412. The molecule has 2 fully saturated rings. The van der Waals surface area contributed by atoms with Gasteiger partial charge in [0.15, 0.2) is 5.79 Å². The molecule has 1 aliphatic heterocycles. The number of nitrogens with two attached hydrogens (primary N) is 1. The highest BCUT2D eigenvalue weighted by Gasteiger charge is 2.53. The maximum Gasteiger partial charge on any atom is 0.163 e. The van der Waals surface area contributed by atoms with Gasteiger partial charge in [0, 0.05) is 6.04 Å². The van der Waals surface area contributed by atoms with Crippen LogP contribution in [0.1, 0.15) is 20.3 Å².